The monoisotopic (exact) mass is 288 g/mol. The molecule has 0 aliphatic heterocycles. The number of benzene rings is 2. The Labute approximate surface area is 123 Å². The zero-order chi connectivity index (χ0) is 15.4. The summed E-state index contributed by atoms with van der Waals surface area (Å²) >= 11 is 0. The normalized spacial score (nSPS) is 10.4. The average molecular weight is 288 g/mol. The van der Waals surface area contributed by atoms with Crippen LogP contribution < -0.4 is 4.90 Å². The second-order valence-electron chi connectivity index (χ2n) is 4.92. The molecule has 2 aromatic carbocycles. The Bertz CT molecular complexity index is 641. The molecule has 0 heterocycles. The Hall–Kier alpha value is -2.43. The molecule has 0 spiro atoms. The van der Waals surface area contributed by atoms with Crippen LogP contribution in [0.3, 0.4) is 0 Å². The lowest BCUT2D eigenvalue weighted by Crippen LogP contribution is -2.16. The van der Waals surface area contributed by atoms with Crippen molar-refractivity contribution < 1.29 is 9.31 Å². The molecule has 0 bridgehead atoms. The first kappa shape index (κ1) is 15.0. The fourth-order valence-electron chi connectivity index (χ4n) is 2.15. The molecule has 21 heavy (non-hydrogen) atoms. The summed E-state index contributed by atoms with van der Waals surface area (Å²) in [5, 5.41) is 10.6. The maximum Gasteiger partial charge on any atom is 0.304 e. The van der Waals surface area contributed by atoms with E-state index in [-0.39, 0.29) is 0 Å². The number of nitro groups is 1. The van der Waals surface area contributed by atoms with Crippen LogP contribution in [0.1, 0.15) is 18.1 Å². The van der Waals surface area contributed by atoms with E-state index in [1.165, 1.54) is 17.7 Å². The molecule has 0 atom stereocenters. The number of halogens is 1. The number of rotatable bonds is 5. The Kier molecular flexibility index (Phi) is 4.52. The van der Waals surface area contributed by atoms with Crippen molar-refractivity contribution in [3.63, 3.8) is 0 Å². The molecule has 0 N–H and O–H groups in total. The van der Waals surface area contributed by atoms with E-state index in [1.807, 2.05) is 24.1 Å². The van der Waals surface area contributed by atoms with Gasteiger partial charge in [-0.05, 0) is 35.7 Å². The van der Waals surface area contributed by atoms with Gasteiger partial charge in [-0.3, -0.25) is 10.1 Å². The highest BCUT2D eigenvalue weighted by Gasteiger charge is 2.14. The Morgan fingerprint density at radius 2 is 1.76 bits per heavy atom. The van der Waals surface area contributed by atoms with Gasteiger partial charge in [0, 0.05) is 25.3 Å². The molecule has 2 aromatic rings. The summed E-state index contributed by atoms with van der Waals surface area (Å²) in [4.78, 5) is 11.8. The number of aryl methyl sites for hydroxylation is 1. The fraction of sp³-hybridized carbons (Fsp3) is 0.250. The van der Waals surface area contributed by atoms with E-state index < -0.39 is 16.4 Å². The molecule has 0 aliphatic carbocycles. The first-order valence-electron chi connectivity index (χ1n) is 6.74. The molecule has 5 heteroatoms. The number of hydrogen-bond acceptors (Lipinski definition) is 3. The largest absolute Gasteiger partial charge is 0.370 e. The summed E-state index contributed by atoms with van der Waals surface area (Å²) in [7, 11) is 1.90. The van der Waals surface area contributed by atoms with E-state index >= 15 is 0 Å². The van der Waals surface area contributed by atoms with Gasteiger partial charge in [0.2, 0.25) is 5.82 Å². The third-order valence-corrected chi connectivity index (χ3v) is 3.41. The van der Waals surface area contributed by atoms with E-state index in [1.54, 1.807) is 6.07 Å². The molecule has 0 radical (unpaired) electrons. The van der Waals surface area contributed by atoms with Crippen molar-refractivity contribution in [2.45, 2.75) is 19.9 Å². The van der Waals surface area contributed by atoms with Crippen molar-refractivity contribution in [2.75, 3.05) is 11.9 Å². The molecule has 110 valence electrons. The van der Waals surface area contributed by atoms with E-state index in [0.29, 0.717) is 12.1 Å². The lowest BCUT2D eigenvalue weighted by atomic mass is 10.1. The molecule has 0 fully saturated rings. The highest BCUT2D eigenvalue weighted by molar-refractivity contribution is 5.48. The van der Waals surface area contributed by atoms with E-state index in [9.17, 15) is 14.5 Å². The number of anilines is 1. The number of hydrogen-bond donors (Lipinski definition) is 0. The number of nitrogens with zero attached hydrogens (tertiary/aromatic N) is 2. The minimum Gasteiger partial charge on any atom is -0.370 e. The summed E-state index contributed by atoms with van der Waals surface area (Å²) in [5.74, 6) is -0.799. The van der Waals surface area contributed by atoms with Gasteiger partial charge in [0.15, 0.2) is 0 Å². The van der Waals surface area contributed by atoms with Gasteiger partial charge >= 0.3 is 5.69 Å². The van der Waals surface area contributed by atoms with Gasteiger partial charge < -0.3 is 4.90 Å². The maximum absolute atomic E-state index is 13.6. The minimum atomic E-state index is -0.799. The second kappa shape index (κ2) is 6.35. The SMILES string of the molecule is CCc1ccc(N(C)Cc2ccc([N+](=O)[O-])c(F)c2)cc1. The van der Waals surface area contributed by atoms with Crippen molar-refractivity contribution in [3.8, 4) is 0 Å². The van der Waals surface area contributed by atoms with Crippen molar-refractivity contribution >= 4 is 11.4 Å². The highest BCUT2D eigenvalue weighted by Crippen LogP contribution is 2.21. The smallest absolute Gasteiger partial charge is 0.304 e. The molecule has 0 aromatic heterocycles. The van der Waals surface area contributed by atoms with Crippen molar-refractivity contribution in [2.24, 2.45) is 0 Å². The molecule has 0 aliphatic rings. The van der Waals surface area contributed by atoms with E-state index in [4.69, 9.17) is 0 Å². The zero-order valence-corrected chi connectivity index (χ0v) is 12.0. The minimum absolute atomic E-state index is 0.486. The zero-order valence-electron chi connectivity index (χ0n) is 12.0. The molecule has 2 rings (SSSR count). The second-order valence-corrected chi connectivity index (χ2v) is 4.92. The van der Waals surface area contributed by atoms with Gasteiger partial charge in [0.25, 0.3) is 0 Å². The average Bonchev–Trinajstić information content (AvgIpc) is 2.47. The molecule has 0 saturated carbocycles. The summed E-state index contributed by atoms with van der Waals surface area (Å²) < 4.78 is 13.6. The van der Waals surface area contributed by atoms with Gasteiger partial charge in [0.1, 0.15) is 0 Å². The molecule has 4 nitrogen and oxygen atoms in total. The van der Waals surface area contributed by atoms with Crippen LogP contribution in [0.25, 0.3) is 0 Å². The van der Waals surface area contributed by atoms with Crippen LogP contribution in [0.15, 0.2) is 42.5 Å². The fourth-order valence-corrected chi connectivity index (χ4v) is 2.15. The van der Waals surface area contributed by atoms with Gasteiger partial charge in [-0.25, -0.2) is 0 Å². The van der Waals surface area contributed by atoms with Gasteiger partial charge in [-0.2, -0.15) is 4.39 Å². The van der Waals surface area contributed by atoms with Gasteiger partial charge in [0.05, 0.1) is 4.92 Å². The molecular formula is C16H17FN2O2. The first-order chi connectivity index (χ1) is 10.0. The molecule has 0 amide bonds. The molecular weight excluding hydrogens is 271 g/mol. The van der Waals surface area contributed by atoms with Crippen LogP contribution in [0, 0.1) is 15.9 Å². The van der Waals surface area contributed by atoms with Crippen molar-refractivity contribution in [3.05, 3.63) is 69.5 Å². The summed E-state index contributed by atoms with van der Waals surface area (Å²) in [6, 6.07) is 12.2. The van der Waals surface area contributed by atoms with Crippen LogP contribution in [0.2, 0.25) is 0 Å². The predicted molar refractivity (Wildman–Crippen MR) is 81.0 cm³/mol. The molecule has 0 unspecified atom stereocenters. The summed E-state index contributed by atoms with van der Waals surface area (Å²) in [6.07, 6.45) is 0.984. The van der Waals surface area contributed by atoms with Crippen LogP contribution in [-0.4, -0.2) is 12.0 Å². The third kappa shape index (κ3) is 3.56. The number of nitro benzene ring substituents is 1. The van der Waals surface area contributed by atoms with E-state index in [2.05, 4.69) is 19.1 Å². The lowest BCUT2D eigenvalue weighted by molar-refractivity contribution is -0.387. The Balaban J connectivity index is 2.13. The van der Waals surface area contributed by atoms with Crippen LogP contribution in [0.5, 0.6) is 0 Å². The summed E-state index contributed by atoms with van der Waals surface area (Å²) in [6.45, 7) is 2.58. The molecule has 0 saturated heterocycles. The topological polar surface area (TPSA) is 46.4 Å². The van der Waals surface area contributed by atoms with Crippen LogP contribution >= 0.6 is 0 Å². The van der Waals surface area contributed by atoms with Gasteiger partial charge in [-0.15, -0.1) is 0 Å². The Morgan fingerprint density at radius 1 is 1.14 bits per heavy atom. The lowest BCUT2D eigenvalue weighted by Gasteiger charge is -2.19. The highest BCUT2D eigenvalue weighted by atomic mass is 19.1. The van der Waals surface area contributed by atoms with Crippen LogP contribution in [-0.2, 0) is 13.0 Å². The van der Waals surface area contributed by atoms with Crippen LogP contribution in [0.4, 0.5) is 15.8 Å². The van der Waals surface area contributed by atoms with Gasteiger partial charge in [-0.1, -0.05) is 25.1 Å². The Morgan fingerprint density at radius 3 is 2.29 bits per heavy atom. The summed E-state index contributed by atoms with van der Waals surface area (Å²) in [5.41, 5.74) is 2.48. The third-order valence-electron chi connectivity index (χ3n) is 3.41. The van der Waals surface area contributed by atoms with Crippen molar-refractivity contribution in [1.82, 2.24) is 0 Å². The predicted octanol–water partition coefficient (Wildman–Crippen LogP) is 3.93. The quantitative estimate of drug-likeness (QED) is 0.618. The van der Waals surface area contributed by atoms with E-state index in [0.717, 1.165) is 12.1 Å². The van der Waals surface area contributed by atoms with Crippen molar-refractivity contribution in [1.29, 1.82) is 0 Å². The standard InChI is InChI=1S/C16H17FN2O2/c1-3-12-4-7-14(8-5-12)18(2)11-13-6-9-16(19(20)21)15(17)10-13/h4-10H,3,11H2,1-2H3. The maximum atomic E-state index is 13.6. The first-order valence-corrected chi connectivity index (χ1v) is 6.74.